The highest BCUT2D eigenvalue weighted by molar-refractivity contribution is 7.91. The van der Waals surface area contributed by atoms with Gasteiger partial charge in [-0.25, -0.2) is 8.42 Å². The van der Waals surface area contributed by atoms with E-state index in [-0.39, 0.29) is 10.7 Å². The first-order valence-corrected chi connectivity index (χ1v) is 9.05. The third-order valence-electron chi connectivity index (χ3n) is 4.28. The van der Waals surface area contributed by atoms with Crippen LogP contribution in [0.1, 0.15) is 46.0 Å². The van der Waals surface area contributed by atoms with Crippen LogP contribution in [-0.4, -0.2) is 46.2 Å². The first-order chi connectivity index (χ1) is 8.92. The highest BCUT2D eigenvalue weighted by atomic mass is 32.2. The number of nitrogens with one attached hydrogen (secondary N) is 1. The molecule has 0 aliphatic heterocycles. The normalized spacial score (nSPS) is 19.2. The molecule has 5 heteroatoms. The minimum absolute atomic E-state index is 0.190. The van der Waals surface area contributed by atoms with Crippen molar-refractivity contribution in [2.24, 2.45) is 5.41 Å². The predicted octanol–water partition coefficient (Wildman–Crippen LogP) is 2.00. The molecule has 1 rings (SSSR count). The second-order valence-corrected chi connectivity index (χ2v) is 8.72. The highest BCUT2D eigenvalue weighted by Gasteiger charge is 2.34. The third kappa shape index (κ3) is 5.40. The van der Waals surface area contributed by atoms with Gasteiger partial charge in [0.05, 0.1) is 17.6 Å². The largest absolute Gasteiger partial charge is 0.383 e. The van der Waals surface area contributed by atoms with Crippen LogP contribution in [0.25, 0.3) is 0 Å². The molecule has 19 heavy (non-hydrogen) atoms. The number of hydrogen-bond acceptors (Lipinski definition) is 4. The van der Waals surface area contributed by atoms with Crippen LogP contribution < -0.4 is 5.32 Å². The van der Waals surface area contributed by atoms with Crippen LogP contribution in [0.3, 0.4) is 0 Å². The molecule has 0 bridgehead atoms. The Balaban J connectivity index is 2.48. The van der Waals surface area contributed by atoms with Gasteiger partial charge in [0.1, 0.15) is 0 Å². The first-order valence-electron chi connectivity index (χ1n) is 7.33. The van der Waals surface area contributed by atoms with Gasteiger partial charge in [0, 0.05) is 20.2 Å². The first kappa shape index (κ1) is 16.9. The fraction of sp³-hybridized carbons (Fsp3) is 1.00. The lowest BCUT2D eigenvalue weighted by atomic mass is 9.83. The van der Waals surface area contributed by atoms with Crippen molar-refractivity contribution >= 4 is 9.84 Å². The number of methoxy groups -OCH3 is 1. The van der Waals surface area contributed by atoms with E-state index in [1.807, 2.05) is 0 Å². The van der Waals surface area contributed by atoms with Crippen LogP contribution >= 0.6 is 0 Å². The standard InChI is InChI=1S/C14H29NO3S/c1-13(2)19(16,17)11-8-14(6-4-5-7-14)12-15-9-10-18-3/h13,15H,4-12H2,1-3H3. The Hall–Kier alpha value is -0.130. The van der Waals surface area contributed by atoms with Crippen LogP contribution in [0.15, 0.2) is 0 Å². The summed E-state index contributed by atoms with van der Waals surface area (Å²) in [7, 11) is -1.21. The topological polar surface area (TPSA) is 55.4 Å². The summed E-state index contributed by atoms with van der Waals surface area (Å²) in [5.41, 5.74) is 0.190. The number of rotatable bonds is 9. The van der Waals surface area contributed by atoms with Gasteiger partial charge in [-0.1, -0.05) is 12.8 Å². The zero-order chi connectivity index (χ0) is 14.4. The van der Waals surface area contributed by atoms with Gasteiger partial charge in [0.15, 0.2) is 9.84 Å². The van der Waals surface area contributed by atoms with Gasteiger partial charge in [-0.05, 0) is 38.5 Å². The molecule has 0 saturated heterocycles. The zero-order valence-electron chi connectivity index (χ0n) is 12.6. The summed E-state index contributed by atoms with van der Waals surface area (Å²) in [6.45, 7) is 6.01. The lowest BCUT2D eigenvalue weighted by Gasteiger charge is -2.29. The van der Waals surface area contributed by atoms with Crippen LogP contribution in [0.4, 0.5) is 0 Å². The van der Waals surface area contributed by atoms with Crippen molar-refractivity contribution in [1.29, 1.82) is 0 Å². The summed E-state index contributed by atoms with van der Waals surface area (Å²) < 4.78 is 29.0. The fourth-order valence-electron chi connectivity index (χ4n) is 2.76. The molecule has 1 fully saturated rings. The van der Waals surface area contributed by atoms with E-state index in [1.165, 1.54) is 12.8 Å². The minimum atomic E-state index is -2.91. The van der Waals surface area contributed by atoms with Crippen molar-refractivity contribution in [1.82, 2.24) is 5.32 Å². The van der Waals surface area contributed by atoms with Crippen LogP contribution in [0.5, 0.6) is 0 Å². The van der Waals surface area contributed by atoms with Gasteiger partial charge in [-0.2, -0.15) is 0 Å². The highest BCUT2D eigenvalue weighted by Crippen LogP contribution is 2.41. The molecule has 1 saturated carbocycles. The van der Waals surface area contributed by atoms with Gasteiger partial charge in [-0.15, -0.1) is 0 Å². The maximum absolute atomic E-state index is 12.0. The van der Waals surface area contributed by atoms with Crippen molar-refractivity contribution in [2.45, 2.75) is 51.2 Å². The summed E-state index contributed by atoms with van der Waals surface area (Å²) in [4.78, 5) is 0. The van der Waals surface area contributed by atoms with E-state index in [9.17, 15) is 8.42 Å². The lowest BCUT2D eigenvalue weighted by Crippen LogP contribution is -2.36. The quantitative estimate of drug-likeness (QED) is 0.660. The summed E-state index contributed by atoms with van der Waals surface area (Å²) in [6.07, 6.45) is 5.57. The van der Waals surface area contributed by atoms with Crippen molar-refractivity contribution in [2.75, 3.05) is 32.6 Å². The Morgan fingerprint density at radius 3 is 2.42 bits per heavy atom. The Bertz CT molecular complexity index is 346. The van der Waals surface area contributed by atoms with E-state index in [0.717, 1.165) is 32.4 Å². The molecule has 0 atom stereocenters. The molecule has 0 aromatic carbocycles. The number of hydrogen-bond donors (Lipinski definition) is 1. The number of ether oxygens (including phenoxy) is 1. The third-order valence-corrected chi connectivity index (χ3v) is 6.49. The Kier molecular flexibility index (Phi) is 6.77. The minimum Gasteiger partial charge on any atom is -0.383 e. The van der Waals surface area contributed by atoms with E-state index >= 15 is 0 Å². The lowest BCUT2D eigenvalue weighted by molar-refractivity contribution is 0.189. The van der Waals surface area contributed by atoms with Gasteiger partial charge in [0.2, 0.25) is 0 Å². The monoisotopic (exact) mass is 291 g/mol. The average Bonchev–Trinajstić information content (AvgIpc) is 2.82. The summed E-state index contributed by atoms with van der Waals surface area (Å²) >= 11 is 0. The van der Waals surface area contributed by atoms with Gasteiger partial charge in [0.25, 0.3) is 0 Å². The molecule has 114 valence electrons. The molecule has 0 amide bonds. The second kappa shape index (κ2) is 7.60. The Morgan fingerprint density at radius 1 is 1.26 bits per heavy atom. The van der Waals surface area contributed by atoms with Crippen molar-refractivity contribution in [3.63, 3.8) is 0 Å². The average molecular weight is 291 g/mol. The van der Waals surface area contributed by atoms with Gasteiger partial charge >= 0.3 is 0 Å². The smallest absolute Gasteiger partial charge is 0.152 e. The van der Waals surface area contributed by atoms with Crippen molar-refractivity contribution in [3.05, 3.63) is 0 Å². The van der Waals surface area contributed by atoms with Crippen molar-refractivity contribution in [3.8, 4) is 0 Å². The zero-order valence-corrected chi connectivity index (χ0v) is 13.4. The van der Waals surface area contributed by atoms with Crippen LogP contribution in [0.2, 0.25) is 0 Å². The molecule has 0 radical (unpaired) electrons. The maximum atomic E-state index is 12.0. The summed E-state index contributed by atoms with van der Waals surface area (Å²) in [5.74, 6) is 0.330. The molecular formula is C14H29NO3S. The molecule has 0 unspecified atom stereocenters. The van der Waals surface area contributed by atoms with E-state index in [1.54, 1.807) is 21.0 Å². The predicted molar refractivity (Wildman–Crippen MR) is 79.2 cm³/mol. The molecule has 1 aliphatic rings. The van der Waals surface area contributed by atoms with Crippen molar-refractivity contribution < 1.29 is 13.2 Å². The molecule has 1 N–H and O–H groups in total. The SMILES string of the molecule is COCCNCC1(CCS(=O)(=O)C(C)C)CCCC1. The maximum Gasteiger partial charge on any atom is 0.152 e. The van der Waals surface area contributed by atoms with Gasteiger partial charge in [-0.3, -0.25) is 0 Å². The number of sulfone groups is 1. The van der Waals surface area contributed by atoms with E-state index in [0.29, 0.717) is 12.4 Å². The molecule has 0 spiro atoms. The van der Waals surface area contributed by atoms with Crippen LogP contribution in [-0.2, 0) is 14.6 Å². The molecule has 0 aromatic rings. The van der Waals surface area contributed by atoms with Crippen LogP contribution in [0, 0.1) is 5.41 Å². The van der Waals surface area contributed by atoms with E-state index in [2.05, 4.69) is 5.32 Å². The molecule has 1 aliphatic carbocycles. The Morgan fingerprint density at radius 2 is 1.89 bits per heavy atom. The summed E-state index contributed by atoms with van der Waals surface area (Å²) in [6, 6.07) is 0. The summed E-state index contributed by atoms with van der Waals surface area (Å²) in [5, 5.41) is 3.16. The van der Waals surface area contributed by atoms with E-state index < -0.39 is 9.84 Å². The second-order valence-electron chi connectivity index (χ2n) is 6.04. The molecule has 0 aromatic heterocycles. The van der Waals surface area contributed by atoms with E-state index in [4.69, 9.17) is 4.74 Å². The van der Waals surface area contributed by atoms with Gasteiger partial charge < -0.3 is 10.1 Å². The molecule has 4 nitrogen and oxygen atoms in total. The molecule has 0 heterocycles. The Labute approximate surface area is 118 Å². The molecular weight excluding hydrogens is 262 g/mol. The fourth-order valence-corrected chi connectivity index (χ4v) is 3.95.